The Bertz CT molecular complexity index is 1480. The van der Waals surface area contributed by atoms with Crippen LogP contribution >= 0.6 is 11.3 Å². The van der Waals surface area contributed by atoms with Gasteiger partial charge in [-0.2, -0.15) is 4.80 Å². The number of aryl methyl sites for hydroxylation is 1. The third-order valence-electron chi connectivity index (χ3n) is 7.03. The van der Waals surface area contributed by atoms with Crippen LogP contribution < -0.4 is 19.7 Å². The summed E-state index contributed by atoms with van der Waals surface area (Å²) in [7, 11) is 0. The lowest BCUT2D eigenvalue weighted by atomic mass is 9.95. The van der Waals surface area contributed by atoms with Crippen molar-refractivity contribution in [2.45, 2.75) is 57.7 Å². The first-order chi connectivity index (χ1) is 19.5. The average molecular weight is 563 g/mol. The minimum atomic E-state index is -0.896. The van der Waals surface area contributed by atoms with Gasteiger partial charge in [-0.3, -0.25) is 14.5 Å². The molecule has 3 aromatic heterocycles. The molecule has 1 aromatic carbocycles. The second-order valence-corrected chi connectivity index (χ2v) is 10.9. The number of tetrazole rings is 1. The van der Waals surface area contributed by atoms with Crippen molar-refractivity contribution in [2.24, 2.45) is 0 Å². The van der Waals surface area contributed by atoms with Gasteiger partial charge in [0.1, 0.15) is 31.6 Å². The number of hydrogen-bond donors (Lipinski definition) is 1. The monoisotopic (exact) mass is 562 g/mol. The van der Waals surface area contributed by atoms with Gasteiger partial charge in [0.2, 0.25) is 11.7 Å². The van der Waals surface area contributed by atoms with Crippen molar-refractivity contribution in [2.75, 3.05) is 18.1 Å². The van der Waals surface area contributed by atoms with Gasteiger partial charge in [-0.05, 0) is 60.7 Å². The van der Waals surface area contributed by atoms with Gasteiger partial charge in [-0.1, -0.05) is 25.3 Å². The molecule has 1 atom stereocenters. The molecule has 0 unspecified atom stereocenters. The molecular formula is C28H30N6O5S. The fraction of sp³-hybridized carbons (Fsp3) is 0.393. The largest absolute Gasteiger partial charge is 0.486 e. The number of carbonyl (C=O) groups is 2. The molecule has 0 spiro atoms. The summed E-state index contributed by atoms with van der Waals surface area (Å²) in [4.78, 5) is 31.5. The Morgan fingerprint density at radius 3 is 2.67 bits per heavy atom. The molecule has 4 aromatic rings. The molecule has 1 aliphatic carbocycles. The maximum Gasteiger partial charge on any atom is 0.251 e. The summed E-state index contributed by atoms with van der Waals surface area (Å²) in [6.45, 7) is 2.44. The van der Waals surface area contributed by atoms with E-state index in [0.29, 0.717) is 36.2 Å². The van der Waals surface area contributed by atoms with Crippen LogP contribution in [0.3, 0.4) is 0 Å². The van der Waals surface area contributed by atoms with Crippen molar-refractivity contribution in [3.8, 4) is 23.1 Å². The van der Waals surface area contributed by atoms with E-state index in [2.05, 4.69) is 20.7 Å². The third-order valence-corrected chi connectivity index (χ3v) is 7.96. The molecule has 2 amide bonds. The number of rotatable bonds is 8. The molecule has 0 saturated heterocycles. The predicted molar refractivity (Wildman–Crippen MR) is 147 cm³/mol. The molecule has 12 heteroatoms. The third kappa shape index (κ3) is 5.57. The molecule has 1 aliphatic heterocycles. The fourth-order valence-corrected chi connectivity index (χ4v) is 5.94. The highest BCUT2D eigenvalue weighted by atomic mass is 32.1. The van der Waals surface area contributed by atoms with E-state index in [1.165, 1.54) is 27.5 Å². The molecule has 1 N–H and O–H groups in total. The Kier molecular flexibility index (Phi) is 7.49. The highest BCUT2D eigenvalue weighted by Gasteiger charge is 2.36. The first-order valence-electron chi connectivity index (χ1n) is 13.5. The molecule has 1 fully saturated rings. The lowest BCUT2D eigenvalue weighted by Crippen LogP contribution is -2.48. The number of amides is 2. The number of benzene rings is 1. The van der Waals surface area contributed by atoms with Gasteiger partial charge in [0.15, 0.2) is 17.3 Å². The van der Waals surface area contributed by atoms with Gasteiger partial charge < -0.3 is 19.2 Å². The van der Waals surface area contributed by atoms with Crippen LogP contribution in [0.2, 0.25) is 0 Å². The van der Waals surface area contributed by atoms with Gasteiger partial charge >= 0.3 is 0 Å². The fourth-order valence-electron chi connectivity index (χ4n) is 5.13. The number of furan rings is 1. The molecule has 6 rings (SSSR count). The number of thiophene rings is 1. The zero-order chi connectivity index (χ0) is 27.5. The molecule has 2 aliphatic rings. The lowest BCUT2D eigenvalue weighted by molar-refractivity contribution is -0.127. The van der Waals surface area contributed by atoms with Crippen LogP contribution in [0, 0.1) is 6.92 Å². The first-order valence-corrected chi connectivity index (χ1v) is 14.3. The zero-order valence-electron chi connectivity index (χ0n) is 22.1. The number of nitrogens with zero attached hydrogens (tertiary/aromatic N) is 5. The second-order valence-electron chi connectivity index (χ2n) is 9.91. The molecular weight excluding hydrogens is 532 g/mol. The van der Waals surface area contributed by atoms with E-state index >= 15 is 0 Å². The molecule has 4 heterocycles. The van der Waals surface area contributed by atoms with E-state index in [-0.39, 0.29) is 30.2 Å². The van der Waals surface area contributed by atoms with Gasteiger partial charge in [0.25, 0.3) is 5.91 Å². The van der Waals surface area contributed by atoms with E-state index in [4.69, 9.17) is 13.9 Å². The highest BCUT2D eigenvalue weighted by Crippen LogP contribution is 2.38. The summed E-state index contributed by atoms with van der Waals surface area (Å²) in [6, 6.07) is 11.8. The van der Waals surface area contributed by atoms with E-state index in [9.17, 15) is 9.59 Å². The lowest BCUT2D eigenvalue weighted by Gasteiger charge is -2.33. The van der Waals surface area contributed by atoms with Crippen molar-refractivity contribution in [3.05, 3.63) is 58.5 Å². The van der Waals surface area contributed by atoms with E-state index in [1.807, 2.05) is 24.4 Å². The average Bonchev–Trinajstić information content (AvgIpc) is 3.75. The maximum absolute atomic E-state index is 14.1. The smallest absolute Gasteiger partial charge is 0.251 e. The van der Waals surface area contributed by atoms with Crippen LogP contribution in [-0.2, 0) is 16.1 Å². The van der Waals surface area contributed by atoms with E-state index in [1.54, 1.807) is 30.3 Å². The van der Waals surface area contributed by atoms with Crippen LogP contribution in [0.5, 0.6) is 11.5 Å². The van der Waals surface area contributed by atoms with Gasteiger partial charge in [0, 0.05) is 22.7 Å². The van der Waals surface area contributed by atoms with Crippen LogP contribution in [0.1, 0.15) is 48.8 Å². The van der Waals surface area contributed by atoms with Crippen molar-refractivity contribution in [1.29, 1.82) is 0 Å². The molecule has 40 heavy (non-hydrogen) atoms. The Hall–Kier alpha value is -4.19. The summed E-state index contributed by atoms with van der Waals surface area (Å²) >= 11 is 1.43. The summed E-state index contributed by atoms with van der Waals surface area (Å²) in [5.41, 5.74) is 0.508. The van der Waals surface area contributed by atoms with Crippen molar-refractivity contribution in [3.63, 3.8) is 0 Å². The first kappa shape index (κ1) is 26.1. The molecule has 208 valence electrons. The maximum atomic E-state index is 14.1. The Balaban J connectivity index is 1.35. The Morgan fingerprint density at radius 2 is 1.93 bits per heavy atom. The molecule has 0 bridgehead atoms. The van der Waals surface area contributed by atoms with Crippen LogP contribution in [0.15, 0.2) is 52.3 Å². The summed E-state index contributed by atoms with van der Waals surface area (Å²) in [5.74, 6) is 1.96. The van der Waals surface area contributed by atoms with Crippen molar-refractivity contribution < 1.29 is 23.5 Å². The predicted octanol–water partition coefficient (Wildman–Crippen LogP) is 4.30. The topological polar surface area (TPSA) is 125 Å². The number of fused-ring (bicyclic) bond motifs is 1. The Labute approximate surface area is 235 Å². The molecule has 1 saturated carbocycles. The zero-order valence-corrected chi connectivity index (χ0v) is 22.9. The standard InChI is InChI=1S/C28H30N6O5S/c1-18-9-11-22(39-18)27-30-32-33(31-27)17-25(35)34(20-10-12-21-23(16-20)38-14-13-37-21)26(24-8-5-15-40-24)28(36)29-19-6-3-2-4-7-19/h5,8-12,15-16,19,26H,2-4,6-7,13-14,17H2,1H3,(H,29,36)/t26-/m0/s1. The number of ether oxygens (including phenoxy) is 2. The van der Waals surface area contributed by atoms with Crippen molar-refractivity contribution in [1.82, 2.24) is 25.5 Å². The quantitative estimate of drug-likeness (QED) is 0.337. The second kappa shape index (κ2) is 11.5. The summed E-state index contributed by atoms with van der Waals surface area (Å²) in [6.07, 6.45) is 5.19. The highest BCUT2D eigenvalue weighted by molar-refractivity contribution is 7.10. The van der Waals surface area contributed by atoms with Crippen LogP contribution in [0.25, 0.3) is 11.6 Å². The number of nitrogens with one attached hydrogen (secondary N) is 1. The van der Waals surface area contributed by atoms with Gasteiger partial charge in [-0.25, -0.2) is 0 Å². The molecule has 11 nitrogen and oxygen atoms in total. The Morgan fingerprint density at radius 1 is 1.10 bits per heavy atom. The van der Waals surface area contributed by atoms with Gasteiger partial charge in [-0.15, -0.1) is 21.5 Å². The van der Waals surface area contributed by atoms with E-state index in [0.717, 1.165) is 36.3 Å². The van der Waals surface area contributed by atoms with E-state index < -0.39 is 6.04 Å². The van der Waals surface area contributed by atoms with Crippen molar-refractivity contribution >= 4 is 28.8 Å². The normalized spacial score (nSPS) is 15.9. The van der Waals surface area contributed by atoms with Crippen LogP contribution in [0.4, 0.5) is 5.69 Å². The summed E-state index contributed by atoms with van der Waals surface area (Å²) in [5, 5.41) is 17.6. The molecule has 0 radical (unpaired) electrons. The number of carbonyl (C=O) groups excluding carboxylic acids is 2. The number of anilines is 1. The number of hydrogen-bond acceptors (Lipinski definition) is 9. The number of aromatic nitrogens is 4. The summed E-state index contributed by atoms with van der Waals surface area (Å²) < 4.78 is 17.1. The van der Waals surface area contributed by atoms with Gasteiger partial charge in [0.05, 0.1) is 0 Å². The minimum absolute atomic E-state index is 0.0808. The SMILES string of the molecule is Cc1ccc(-c2nnn(CC(=O)N(c3ccc4c(c3)OCCO4)[C@H](C(=O)NC3CCCCC3)c3cccs3)n2)o1. The minimum Gasteiger partial charge on any atom is -0.486 e. The van der Waals surface area contributed by atoms with Crippen LogP contribution in [-0.4, -0.2) is 51.3 Å².